The predicted octanol–water partition coefficient (Wildman–Crippen LogP) is 3.22. The number of hydrogen-bond acceptors (Lipinski definition) is 1. The molecule has 0 unspecified atom stereocenters. The molecule has 2 rings (SSSR count). The zero-order valence-electron chi connectivity index (χ0n) is 18.1. The van der Waals surface area contributed by atoms with Gasteiger partial charge in [0.05, 0.1) is 6.61 Å². The Morgan fingerprint density at radius 1 is 0.821 bits per heavy atom. The van der Waals surface area contributed by atoms with Crippen molar-refractivity contribution >= 4 is 0 Å². The first kappa shape index (κ1) is 24.5. The molecular formula is C25H38ClNO. The summed E-state index contributed by atoms with van der Waals surface area (Å²) < 4.78 is 8.41. The summed E-state index contributed by atoms with van der Waals surface area (Å²) in [4.78, 5) is 0. The third-order valence-electron chi connectivity index (χ3n) is 5.12. The van der Waals surface area contributed by atoms with E-state index in [1.54, 1.807) is 0 Å². The molecule has 0 aliphatic carbocycles. The number of rotatable bonds is 13. The van der Waals surface area contributed by atoms with Gasteiger partial charge in [-0.3, -0.25) is 0 Å². The van der Waals surface area contributed by atoms with Crippen molar-refractivity contribution in [2.45, 2.75) is 85.1 Å². The minimum absolute atomic E-state index is 0. The van der Waals surface area contributed by atoms with E-state index >= 15 is 0 Å². The third-order valence-corrected chi connectivity index (χ3v) is 5.12. The van der Waals surface area contributed by atoms with E-state index in [-0.39, 0.29) is 12.4 Å². The molecule has 0 aliphatic heterocycles. The number of aryl methyl sites for hydroxylation is 4. The highest BCUT2D eigenvalue weighted by Gasteiger charge is 2.07. The average molecular weight is 404 g/mol. The van der Waals surface area contributed by atoms with Crippen LogP contribution in [-0.4, -0.2) is 6.61 Å². The van der Waals surface area contributed by atoms with Gasteiger partial charge >= 0.3 is 0 Å². The van der Waals surface area contributed by atoms with E-state index in [0.29, 0.717) is 0 Å². The van der Waals surface area contributed by atoms with Crippen molar-refractivity contribution < 1.29 is 21.7 Å². The molecule has 1 heterocycles. The Morgan fingerprint density at radius 2 is 1.50 bits per heavy atom. The van der Waals surface area contributed by atoms with Crippen molar-refractivity contribution in [3.8, 4) is 5.75 Å². The quantitative estimate of drug-likeness (QED) is 0.369. The van der Waals surface area contributed by atoms with Gasteiger partial charge in [-0.25, -0.2) is 4.57 Å². The maximum atomic E-state index is 6.18. The lowest BCUT2D eigenvalue weighted by molar-refractivity contribution is -0.697. The van der Waals surface area contributed by atoms with Crippen LogP contribution in [0.15, 0.2) is 42.7 Å². The van der Waals surface area contributed by atoms with Gasteiger partial charge in [0.1, 0.15) is 5.75 Å². The molecule has 1 aromatic heterocycles. The van der Waals surface area contributed by atoms with E-state index in [0.717, 1.165) is 31.7 Å². The molecule has 2 aromatic rings. The van der Waals surface area contributed by atoms with E-state index in [4.69, 9.17) is 4.74 Å². The lowest BCUT2D eigenvalue weighted by Gasteiger charge is -2.13. The molecule has 1 aromatic carbocycles. The largest absolute Gasteiger partial charge is 1.00 e. The van der Waals surface area contributed by atoms with Crippen molar-refractivity contribution in [1.82, 2.24) is 0 Å². The van der Waals surface area contributed by atoms with Crippen LogP contribution in [0.25, 0.3) is 0 Å². The molecule has 0 radical (unpaired) electrons. The Labute approximate surface area is 178 Å². The van der Waals surface area contributed by atoms with Crippen LogP contribution in [-0.2, 0) is 19.4 Å². The lowest BCUT2D eigenvalue weighted by atomic mass is 10.00. The highest BCUT2D eigenvalue weighted by Crippen LogP contribution is 2.24. The Balaban J connectivity index is 0.00000392. The zero-order chi connectivity index (χ0) is 19.3. The molecule has 0 saturated heterocycles. The van der Waals surface area contributed by atoms with E-state index < -0.39 is 0 Å². The number of halogens is 1. The summed E-state index contributed by atoms with van der Waals surface area (Å²) in [6.45, 7) is 8.43. The second-order valence-electron chi connectivity index (χ2n) is 7.67. The van der Waals surface area contributed by atoms with Gasteiger partial charge < -0.3 is 17.1 Å². The van der Waals surface area contributed by atoms with Gasteiger partial charge in [-0.15, -0.1) is 0 Å². The highest BCUT2D eigenvalue weighted by molar-refractivity contribution is 5.37. The fourth-order valence-electron chi connectivity index (χ4n) is 3.38. The van der Waals surface area contributed by atoms with Crippen molar-refractivity contribution in [3.05, 3.63) is 59.4 Å². The van der Waals surface area contributed by atoms with Gasteiger partial charge in [0, 0.05) is 18.6 Å². The van der Waals surface area contributed by atoms with Crippen LogP contribution < -0.4 is 21.7 Å². The molecule has 0 aliphatic rings. The summed E-state index contributed by atoms with van der Waals surface area (Å²) in [6, 6.07) is 11.2. The topological polar surface area (TPSA) is 13.1 Å². The fraction of sp³-hybridized carbons (Fsp3) is 0.560. The first-order chi connectivity index (χ1) is 13.2. The van der Waals surface area contributed by atoms with Gasteiger partial charge in [0.25, 0.3) is 0 Å². The summed E-state index contributed by atoms with van der Waals surface area (Å²) in [5.74, 6) is 1.10. The molecule has 2 nitrogen and oxygen atoms in total. The van der Waals surface area contributed by atoms with Crippen molar-refractivity contribution in [2.24, 2.45) is 0 Å². The average Bonchev–Trinajstić information content (AvgIpc) is 2.68. The molecule has 0 atom stereocenters. The van der Waals surface area contributed by atoms with Crippen LogP contribution in [0.1, 0.15) is 75.5 Å². The van der Waals surface area contributed by atoms with Crippen molar-refractivity contribution in [2.75, 3.05) is 6.61 Å². The fourth-order valence-corrected chi connectivity index (χ4v) is 3.38. The van der Waals surface area contributed by atoms with Crippen LogP contribution in [0, 0.1) is 6.92 Å². The van der Waals surface area contributed by atoms with Crippen LogP contribution in [0.3, 0.4) is 0 Å². The minimum Gasteiger partial charge on any atom is -1.00 e. The number of hydrogen-bond donors (Lipinski definition) is 0. The summed E-state index contributed by atoms with van der Waals surface area (Å²) >= 11 is 0. The zero-order valence-corrected chi connectivity index (χ0v) is 18.8. The van der Waals surface area contributed by atoms with Crippen LogP contribution in [0.5, 0.6) is 5.75 Å². The van der Waals surface area contributed by atoms with Crippen molar-refractivity contribution in [1.29, 1.82) is 0 Å². The number of nitrogens with zero attached hydrogens (tertiary/aromatic N) is 1. The monoisotopic (exact) mass is 403 g/mol. The number of aromatic nitrogens is 1. The first-order valence-corrected chi connectivity index (χ1v) is 10.9. The van der Waals surface area contributed by atoms with Gasteiger partial charge in [-0.1, -0.05) is 51.7 Å². The molecule has 0 fully saturated rings. The van der Waals surface area contributed by atoms with E-state index in [1.165, 1.54) is 61.6 Å². The number of benzene rings is 1. The smallest absolute Gasteiger partial charge is 0.169 e. The number of pyridine rings is 1. The maximum Gasteiger partial charge on any atom is 0.169 e. The highest BCUT2D eigenvalue weighted by atomic mass is 35.5. The van der Waals surface area contributed by atoms with E-state index in [2.05, 4.69) is 68.1 Å². The minimum atomic E-state index is 0. The Bertz CT molecular complexity index is 654. The Kier molecular flexibility index (Phi) is 12.6. The molecule has 3 heteroatoms. The second-order valence-corrected chi connectivity index (χ2v) is 7.67. The number of ether oxygens (including phenoxy) is 1. The van der Waals surface area contributed by atoms with Gasteiger partial charge in [-0.2, -0.15) is 0 Å². The van der Waals surface area contributed by atoms with Gasteiger partial charge in [0.2, 0.25) is 0 Å². The van der Waals surface area contributed by atoms with Crippen molar-refractivity contribution in [3.63, 3.8) is 0 Å². The molecular weight excluding hydrogens is 366 g/mol. The lowest BCUT2D eigenvalue weighted by Crippen LogP contribution is -3.00. The molecule has 0 N–H and O–H groups in total. The molecule has 28 heavy (non-hydrogen) atoms. The predicted molar refractivity (Wildman–Crippen MR) is 114 cm³/mol. The molecule has 156 valence electrons. The maximum absolute atomic E-state index is 6.18. The SMILES string of the molecule is CCCCCc1ccc(OCCC[n+]2ccc(C)cc2)c(CCCCC)c1.[Cl-]. The molecule has 0 bridgehead atoms. The summed E-state index contributed by atoms with van der Waals surface area (Å²) in [7, 11) is 0. The van der Waals surface area contributed by atoms with Crippen LogP contribution in [0.2, 0.25) is 0 Å². The summed E-state index contributed by atoms with van der Waals surface area (Å²) in [5, 5.41) is 0. The van der Waals surface area contributed by atoms with Gasteiger partial charge in [0.15, 0.2) is 18.9 Å². The Hall–Kier alpha value is -1.54. The number of unbranched alkanes of at least 4 members (excludes halogenated alkanes) is 4. The molecule has 0 saturated carbocycles. The summed E-state index contributed by atoms with van der Waals surface area (Å²) in [5.41, 5.74) is 4.18. The first-order valence-electron chi connectivity index (χ1n) is 10.9. The molecule has 0 spiro atoms. The van der Waals surface area contributed by atoms with Gasteiger partial charge in [-0.05, 0) is 55.4 Å². The Morgan fingerprint density at radius 3 is 2.18 bits per heavy atom. The van der Waals surface area contributed by atoms with E-state index in [9.17, 15) is 0 Å². The van der Waals surface area contributed by atoms with Crippen LogP contribution >= 0.6 is 0 Å². The normalized spacial score (nSPS) is 10.5. The summed E-state index contributed by atoms with van der Waals surface area (Å²) in [6.07, 6.45) is 15.4. The van der Waals surface area contributed by atoms with E-state index in [1.807, 2.05) is 0 Å². The molecule has 0 amide bonds. The standard InChI is InChI=1S/C25H38NO.ClH/c1-4-6-8-11-23-13-14-25(24(21-23)12-9-7-5-2)27-20-10-17-26-18-15-22(3)16-19-26;/h13-16,18-19,21H,4-12,17,20H2,1-3H3;1H/q+1;/p-1. The van der Waals surface area contributed by atoms with Crippen LogP contribution in [0.4, 0.5) is 0 Å². The third kappa shape index (κ3) is 9.10. The second kappa shape index (κ2) is 14.5.